The topological polar surface area (TPSA) is 71.4 Å². The Labute approximate surface area is 121 Å². The summed E-state index contributed by atoms with van der Waals surface area (Å²) >= 11 is 0. The average Bonchev–Trinajstić information content (AvgIpc) is 2.47. The minimum atomic E-state index is -0.332. The van der Waals surface area contributed by atoms with Gasteiger partial charge in [0, 0.05) is 35.6 Å². The molecule has 1 atom stereocenters. The molecule has 2 heterocycles. The van der Waals surface area contributed by atoms with E-state index in [-0.39, 0.29) is 17.7 Å². The summed E-state index contributed by atoms with van der Waals surface area (Å²) < 4.78 is 0. The second-order valence-corrected chi connectivity index (χ2v) is 4.89. The average molecular weight is 279 g/mol. The second-order valence-electron chi connectivity index (χ2n) is 4.89. The van der Waals surface area contributed by atoms with Crippen molar-refractivity contribution >= 4 is 17.5 Å². The Kier molecular flexibility index (Phi) is 3.31. The number of carbonyl (C=O) groups is 2. The van der Waals surface area contributed by atoms with Crippen LogP contribution in [0.4, 0.5) is 0 Å². The molecule has 5 nitrogen and oxygen atoms in total. The fourth-order valence-electron chi connectivity index (χ4n) is 2.33. The monoisotopic (exact) mass is 279 g/mol. The van der Waals surface area contributed by atoms with Crippen LogP contribution in [0, 0.1) is 5.92 Å². The van der Waals surface area contributed by atoms with E-state index in [9.17, 15) is 9.59 Å². The number of hydrogen-bond acceptors (Lipinski definition) is 3. The molecule has 1 unspecified atom stereocenters. The van der Waals surface area contributed by atoms with Crippen molar-refractivity contribution in [3.8, 4) is 0 Å². The van der Waals surface area contributed by atoms with Gasteiger partial charge in [0.1, 0.15) is 0 Å². The fraction of sp³-hybridized carbons (Fsp3) is 0.125. The Bertz CT molecular complexity index is 727. The van der Waals surface area contributed by atoms with Crippen LogP contribution in [0.1, 0.15) is 17.3 Å². The van der Waals surface area contributed by atoms with Gasteiger partial charge in [-0.2, -0.15) is 0 Å². The van der Waals surface area contributed by atoms with Gasteiger partial charge in [-0.3, -0.25) is 14.6 Å². The number of rotatable bonds is 1. The molecule has 0 spiro atoms. The smallest absolute Gasteiger partial charge is 0.277 e. The van der Waals surface area contributed by atoms with Gasteiger partial charge in [-0.1, -0.05) is 11.6 Å². The van der Waals surface area contributed by atoms with E-state index >= 15 is 0 Å². The summed E-state index contributed by atoms with van der Waals surface area (Å²) in [5.74, 6) is -0.426. The van der Waals surface area contributed by atoms with Crippen molar-refractivity contribution in [1.29, 1.82) is 0 Å². The first kappa shape index (κ1) is 13.2. The molecule has 0 fully saturated rings. The van der Waals surface area contributed by atoms with Crippen molar-refractivity contribution in [2.75, 3.05) is 0 Å². The van der Waals surface area contributed by atoms with E-state index in [1.807, 2.05) is 13.0 Å². The summed E-state index contributed by atoms with van der Waals surface area (Å²) in [6.45, 7) is 1.91. The molecule has 1 aliphatic carbocycles. The van der Waals surface area contributed by atoms with Crippen LogP contribution in [0.25, 0.3) is 0 Å². The van der Waals surface area contributed by atoms with Gasteiger partial charge in [0.15, 0.2) is 0 Å². The van der Waals surface area contributed by atoms with E-state index in [2.05, 4.69) is 15.3 Å². The zero-order valence-electron chi connectivity index (χ0n) is 11.4. The van der Waals surface area contributed by atoms with Crippen LogP contribution in [0.2, 0.25) is 0 Å². The van der Waals surface area contributed by atoms with Crippen LogP contribution in [0.15, 0.2) is 65.1 Å². The Morgan fingerprint density at radius 1 is 1.29 bits per heavy atom. The zero-order valence-corrected chi connectivity index (χ0v) is 11.4. The number of allylic oxidation sites excluding steroid dienone is 3. The zero-order chi connectivity index (χ0) is 14.8. The molecular weight excluding hydrogens is 266 g/mol. The van der Waals surface area contributed by atoms with E-state index in [0.717, 1.165) is 11.3 Å². The first-order valence-corrected chi connectivity index (χ1v) is 6.55. The summed E-state index contributed by atoms with van der Waals surface area (Å²) in [7, 11) is 0. The molecule has 21 heavy (non-hydrogen) atoms. The normalized spacial score (nSPS) is 22.2. The van der Waals surface area contributed by atoms with Gasteiger partial charge in [0.2, 0.25) is 5.91 Å². The van der Waals surface area contributed by atoms with Crippen molar-refractivity contribution in [3.63, 3.8) is 0 Å². The highest BCUT2D eigenvalue weighted by Crippen LogP contribution is 2.26. The lowest BCUT2D eigenvalue weighted by Gasteiger charge is -2.25. The van der Waals surface area contributed by atoms with Gasteiger partial charge in [0.25, 0.3) is 5.91 Å². The van der Waals surface area contributed by atoms with Crippen molar-refractivity contribution in [2.45, 2.75) is 6.92 Å². The van der Waals surface area contributed by atoms with E-state index in [4.69, 9.17) is 0 Å². The standard InChI is InChI=1S/C16H13N3O2/c1-10-8-15(20)19-14-9-12(2-3-13(10)14)18-16(21)11-4-6-17-7-5-11/h2-9,13H,1H3,(H,19,20). The largest absolute Gasteiger partial charge is 0.325 e. The van der Waals surface area contributed by atoms with Crippen molar-refractivity contribution in [1.82, 2.24) is 10.3 Å². The number of aromatic nitrogens is 1. The van der Waals surface area contributed by atoms with E-state index in [1.54, 1.807) is 42.8 Å². The van der Waals surface area contributed by atoms with Crippen LogP contribution in [0.3, 0.4) is 0 Å². The molecule has 1 N–H and O–H groups in total. The molecule has 0 radical (unpaired) electrons. The Morgan fingerprint density at radius 2 is 2.05 bits per heavy atom. The summed E-state index contributed by atoms with van der Waals surface area (Å²) in [5, 5.41) is 2.78. The van der Waals surface area contributed by atoms with Gasteiger partial charge < -0.3 is 5.32 Å². The van der Waals surface area contributed by atoms with Gasteiger partial charge in [0.05, 0.1) is 5.71 Å². The molecular formula is C16H13N3O2. The Morgan fingerprint density at radius 3 is 2.81 bits per heavy atom. The maximum Gasteiger partial charge on any atom is 0.277 e. The third-order valence-corrected chi connectivity index (χ3v) is 3.37. The van der Waals surface area contributed by atoms with Crippen LogP contribution in [0.5, 0.6) is 0 Å². The quantitative estimate of drug-likeness (QED) is 0.852. The maximum atomic E-state index is 12.0. The van der Waals surface area contributed by atoms with Crippen LogP contribution >= 0.6 is 0 Å². The number of aliphatic imine (C=N–C) groups is 1. The summed E-state index contributed by atoms with van der Waals surface area (Å²) in [6, 6.07) is 3.23. The molecule has 1 aliphatic heterocycles. The predicted octanol–water partition coefficient (Wildman–Crippen LogP) is 1.81. The number of pyridine rings is 1. The summed E-state index contributed by atoms with van der Waals surface area (Å²) in [4.78, 5) is 31.5. The highest BCUT2D eigenvalue weighted by atomic mass is 16.2. The number of amides is 2. The van der Waals surface area contributed by atoms with Crippen LogP contribution in [-0.4, -0.2) is 22.5 Å². The third kappa shape index (κ3) is 2.72. The van der Waals surface area contributed by atoms with E-state index in [0.29, 0.717) is 11.3 Å². The molecule has 0 saturated heterocycles. The lowest BCUT2D eigenvalue weighted by molar-refractivity contribution is -0.116. The van der Waals surface area contributed by atoms with Gasteiger partial charge >= 0.3 is 0 Å². The first-order chi connectivity index (χ1) is 10.1. The highest BCUT2D eigenvalue weighted by molar-refractivity contribution is 6.14. The molecule has 0 aromatic carbocycles. The SMILES string of the molecule is CC1=CC(=O)NC2=CC(=NC(=O)c3ccncc3)C=CC12. The van der Waals surface area contributed by atoms with Crippen LogP contribution in [-0.2, 0) is 4.79 Å². The number of fused-ring (bicyclic) bond motifs is 1. The number of carbonyl (C=O) groups excluding carboxylic acids is 2. The Hall–Kier alpha value is -2.82. The molecule has 0 bridgehead atoms. The number of nitrogens with one attached hydrogen (secondary N) is 1. The highest BCUT2D eigenvalue weighted by Gasteiger charge is 2.23. The van der Waals surface area contributed by atoms with Crippen LogP contribution < -0.4 is 5.32 Å². The molecule has 3 rings (SSSR count). The maximum absolute atomic E-state index is 12.0. The van der Waals surface area contributed by atoms with Crippen molar-refractivity contribution in [2.24, 2.45) is 10.9 Å². The second kappa shape index (κ2) is 5.28. The van der Waals surface area contributed by atoms with Gasteiger partial charge in [-0.05, 0) is 31.2 Å². The van der Waals surface area contributed by atoms with E-state index in [1.165, 1.54) is 0 Å². The minimum Gasteiger partial charge on any atom is -0.325 e. The molecule has 2 amide bonds. The van der Waals surface area contributed by atoms with Gasteiger partial charge in [-0.25, -0.2) is 4.99 Å². The lowest BCUT2D eigenvalue weighted by atomic mass is 9.89. The molecule has 5 heteroatoms. The fourth-order valence-corrected chi connectivity index (χ4v) is 2.33. The number of nitrogens with zero attached hydrogens (tertiary/aromatic N) is 2. The summed E-state index contributed by atoms with van der Waals surface area (Å²) in [6.07, 6.45) is 10.1. The Balaban J connectivity index is 1.88. The third-order valence-electron chi connectivity index (χ3n) is 3.37. The molecule has 0 saturated carbocycles. The minimum absolute atomic E-state index is 0.0534. The molecule has 2 aliphatic rings. The predicted molar refractivity (Wildman–Crippen MR) is 78.6 cm³/mol. The molecule has 1 aromatic heterocycles. The first-order valence-electron chi connectivity index (χ1n) is 6.55. The number of hydrogen-bond donors (Lipinski definition) is 1. The summed E-state index contributed by atoms with van der Waals surface area (Å²) in [5.41, 5.74) is 2.73. The lowest BCUT2D eigenvalue weighted by Crippen LogP contribution is -2.32. The van der Waals surface area contributed by atoms with Crippen molar-refractivity contribution < 1.29 is 9.59 Å². The molecule has 104 valence electrons. The molecule has 1 aromatic rings. The van der Waals surface area contributed by atoms with Crippen molar-refractivity contribution in [3.05, 3.63) is 65.7 Å². The van der Waals surface area contributed by atoms with E-state index < -0.39 is 0 Å². The van der Waals surface area contributed by atoms with Gasteiger partial charge in [-0.15, -0.1) is 0 Å².